The lowest BCUT2D eigenvalue weighted by Gasteiger charge is -2.10. The lowest BCUT2D eigenvalue weighted by molar-refractivity contribution is 1.40. The molecule has 0 rings (SSSR count). The van der Waals surface area contributed by atoms with E-state index in [1.807, 2.05) is 5.70 Å². The number of terminal acetylenes is 1. The van der Waals surface area contributed by atoms with E-state index in [1.165, 1.54) is 0 Å². The highest BCUT2D eigenvalue weighted by Gasteiger charge is 2.15. The molecule has 0 aliphatic carbocycles. The maximum absolute atomic E-state index is 5.27. The Morgan fingerprint density at radius 1 is 1.88 bits per heavy atom. The highest BCUT2D eigenvalue weighted by molar-refractivity contribution is 6.90. The summed E-state index contributed by atoms with van der Waals surface area (Å²) in [5.41, 5.74) is 4.75. The van der Waals surface area contributed by atoms with Gasteiger partial charge in [0.15, 0.2) is 8.07 Å². The predicted octanol–water partition coefficient (Wildman–Crippen LogP) is 1.98. The summed E-state index contributed by atoms with van der Waals surface area (Å²) in [4.78, 5) is 0. The molecule has 0 aliphatic rings. The van der Waals surface area contributed by atoms with Crippen LogP contribution < -0.4 is 0 Å². The fourth-order valence-electron chi connectivity index (χ4n) is 0.305. The highest BCUT2D eigenvalue weighted by Crippen LogP contribution is 2.06. The standard InChI is InChI=1S/C7H12Si/c1-5-8(4,6-2)7-3/h1,6H,2,7H2,3-4H3. The minimum Gasteiger partial charge on any atom is -0.130 e. The molecule has 1 heteroatoms. The van der Waals surface area contributed by atoms with Gasteiger partial charge < -0.3 is 0 Å². The molecule has 0 aromatic carbocycles. The fourth-order valence-corrected chi connectivity index (χ4v) is 0.916. The fraction of sp³-hybridized carbons (Fsp3) is 0.429. The largest absolute Gasteiger partial charge is 0.157 e. The summed E-state index contributed by atoms with van der Waals surface area (Å²) in [5, 5.41) is 0. The SMILES string of the molecule is C#C[Si](C)(C=C)CC. The van der Waals surface area contributed by atoms with Crippen LogP contribution in [0.15, 0.2) is 12.3 Å². The lowest BCUT2D eigenvalue weighted by atomic mass is 11.0. The van der Waals surface area contributed by atoms with E-state index in [0.29, 0.717) is 0 Å². The van der Waals surface area contributed by atoms with Gasteiger partial charge >= 0.3 is 0 Å². The van der Waals surface area contributed by atoms with Crippen LogP contribution in [0.2, 0.25) is 12.6 Å². The van der Waals surface area contributed by atoms with Crippen LogP contribution in [0, 0.1) is 12.0 Å². The van der Waals surface area contributed by atoms with Crippen molar-refractivity contribution < 1.29 is 0 Å². The minimum atomic E-state index is -1.38. The molecule has 0 aliphatic heterocycles. The molecule has 8 heavy (non-hydrogen) atoms. The Morgan fingerprint density at radius 2 is 2.38 bits per heavy atom. The summed E-state index contributed by atoms with van der Waals surface area (Å²) >= 11 is 0. The van der Waals surface area contributed by atoms with Gasteiger partial charge in [0.1, 0.15) is 0 Å². The lowest BCUT2D eigenvalue weighted by Crippen LogP contribution is -2.23. The Morgan fingerprint density at radius 3 is 2.38 bits per heavy atom. The summed E-state index contributed by atoms with van der Waals surface area (Å²) in [6.45, 7) is 7.95. The third-order valence-electron chi connectivity index (χ3n) is 1.51. The third kappa shape index (κ3) is 1.55. The summed E-state index contributed by atoms with van der Waals surface area (Å²) in [5.74, 6) is 0. The van der Waals surface area contributed by atoms with Crippen LogP contribution in [0.1, 0.15) is 6.92 Å². The Kier molecular flexibility index (Phi) is 2.57. The molecule has 1 unspecified atom stereocenters. The molecule has 0 N–H and O–H groups in total. The Balaban J connectivity index is 4.03. The zero-order valence-electron chi connectivity index (χ0n) is 5.57. The topological polar surface area (TPSA) is 0 Å². The van der Waals surface area contributed by atoms with Gasteiger partial charge in [-0.2, -0.15) is 0 Å². The maximum Gasteiger partial charge on any atom is 0.157 e. The van der Waals surface area contributed by atoms with Gasteiger partial charge in [-0.25, -0.2) is 0 Å². The van der Waals surface area contributed by atoms with Crippen molar-refractivity contribution in [2.24, 2.45) is 0 Å². The van der Waals surface area contributed by atoms with Crippen molar-refractivity contribution in [1.82, 2.24) is 0 Å². The summed E-state index contributed by atoms with van der Waals surface area (Å²) in [6.07, 6.45) is 5.27. The Bertz CT molecular complexity index is 121. The van der Waals surface area contributed by atoms with Gasteiger partial charge in [0, 0.05) is 0 Å². The second-order valence-electron chi connectivity index (χ2n) is 2.12. The molecule has 0 aromatic rings. The second kappa shape index (κ2) is 2.73. The summed E-state index contributed by atoms with van der Waals surface area (Å²) in [7, 11) is -1.38. The summed E-state index contributed by atoms with van der Waals surface area (Å²) < 4.78 is 0. The monoisotopic (exact) mass is 124 g/mol. The normalized spacial score (nSPS) is 16.1. The van der Waals surface area contributed by atoms with E-state index >= 15 is 0 Å². The molecule has 0 spiro atoms. The van der Waals surface area contributed by atoms with Crippen LogP contribution in [0.5, 0.6) is 0 Å². The van der Waals surface area contributed by atoms with Gasteiger partial charge in [-0.15, -0.1) is 18.5 Å². The van der Waals surface area contributed by atoms with Crippen molar-refractivity contribution in [3.05, 3.63) is 12.3 Å². The van der Waals surface area contributed by atoms with Gasteiger partial charge in [0.2, 0.25) is 0 Å². The predicted molar refractivity (Wildman–Crippen MR) is 41.1 cm³/mol. The van der Waals surface area contributed by atoms with Gasteiger partial charge in [0.25, 0.3) is 0 Å². The van der Waals surface area contributed by atoms with E-state index < -0.39 is 8.07 Å². The molecule has 44 valence electrons. The Hall–Kier alpha value is -0.483. The van der Waals surface area contributed by atoms with Crippen molar-refractivity contribution in [1.29, 1.82) is 0 Å². The zero-order valence-corrected chi connectivity index (χ0v) is 6.57. The number of rotatable bonds is 2. The van der Waals surface area contributed by atoms with Gasteiger partial charge in [0.05, 0.1) is 0 Å². The van der Waals surface area contributed by atoms with E-state index in [-0.39, 0.29) is 0 Å². The molecule has 0 saturated heterocycles. The third-order valence-corrected chi connectivity index (χ3v) is 4.54. The maximum atomic E-state index is 5.27. The van der Waals surface area contributed by atoms with E-state index in [2.05, 4.69) is 25.6 Å². The molecule has 1 atom stereocenters. The average Bonchev–Trinajstić information content (AvgIpc) is 1.87. The van der Waals surface area contributed by atoms with Crippen molar-refractivity contribution in [2.45, 2.75) is 19.5 Å². The molecule has 0 radical (unpaired) electrons. The van der Waals surface area contributed by atoms with Crippen LogP contribution >= 0.6 is 0 Å². The Labute approximate surface area is 52.6 Å². The van der Waals surface area contributed by atoms with Crippen molar-refractivity contribution in [3.63, 3.8) is 0 Å². The van der Waals surface area contributed by atoms with E-state index in [1.54, 1.807) is 0 Å². The van der Waals surface area contributed by atoms with E-state index in [4.69, 9.17) is 6.42 Å². The van der Waals surface area contributed by atoms with E-state index in [9.17, 15) is 0 Å². The molecule has 0 bridgehead atoms. The van der Waals surface area contributed by atoms with Crippen molar-refractivity contribution in [3.8, 4) is 12.0 Å². The molecular formula is C7H12Si. The average molecular weight is 124 g/mol. The first-order chi connectivity index (χ1) is 3.68. The van der Waals surface area contributed by atoms with Gasteiger partial charge in [-0.1, -0.05) is 19.2 Å². The van der Waals surface area contributed by atoms with Crippen molar-refractivity contribution in [2.75, 3.05) is 0 Å². The first-order valence-electron chi connectivity index (χ1n) is 2.80. The molecular weight excluding hydrogens is 112 g/mol. The van der Waals surface area contributed by atoms with Gasteiger partial charge in [-0.3, -0.25) is 0 Å². The molecule has 0 amide bonds. The van der Waals surface area contributed by atoms with Crippen molar-refractivity contribution >= 4 is 8.07 Å². The zero-order chi connectivity index (χ0) is 6.62. The van der Waals surface area contributed by atoms with Crippen LogP contribution in [-0.4, -0.2) is 8.07 Å². The second-order valence-corrected chi connectivity index (χ2v) is 6.36. The first kappa shape index (κ1) is 7.52. The highest BCUT2D eigenvalue weighted by atomic mass is 28.3. The molecule has 0 saturated carbocycles. The molecule has 0 fully saturated rings. The number of hydrogen-bond donors (Lipinski definition) is 0. The molecule has 0 heterocycles. The summed E-state index contributed by atoms with van der Waals surface area (Å²) in [6, 6.07) is 1.10. The molecule has 0 aromatic heterocycles. The van der Waals surface area contributed by atoms with Crippen LogP contribution in [0.3, 0.4) is 0 Å². The van der Waals surface area contributed by atoms with Crippen LogP contribution in [0.4, 0.5) is 0 Å². The quantitative estimate of drug-likeness (QED) is 0.390. The van der Waals surface area contributed by atoms with Crippen LogP contribution in [0.25, 0.3) is 0 Å². The van der Waals surface area contributed by atoms with Gasteiger partial charge in [-0.05, 0) is 6.04 Å². The molecule has 0 nitrogen and oxygen atoms in total. The number of hydrogen-bond acceptors (Lipinski definition) is 0. The smallest absolute Gasteiger partial charge is 0.130 e. The van der Waals surface area contributed by atoms with Crippen LogP contribution in [-0.2, 0) is 0 Å². The van der Waals surface area contributed by atoms with E-state index in [0.717, 1.165) is 6.04 Å². The first-order valence-corrected chi connectivity index (χ1v) is 5.58. The minimum absolute atomic E-state index is 1.10.